The summed E-state index contributed by atoms with van der Waals surface area (Å²) in [6.07, 6.45) is 1.60. The van der Waals surface area contributed by atoms with Crippen molar-refractivity contribution < 1.29 is 9.53 Å². The molecule has 0 fully saturated rings. The van der Waals surface area contributed by atoms with Gasteiger partial charge in [0.1, 0.15) is 11.6 Å². The van der Waals surface area contributed by atoms with E-state index in [0.717, 1.165) is 0 Å². The Morgan fingerprint density at radius 2 is 1.85 bits per heavy atom. The summed E-state index contributed by atoms with van der Waals surface area (Å²) < 4.78 is 5.17. The van der Waals surface area contributed by atoms with E-state index in [1.807, 2.05) is 0 Å². The first-order valence-electron chi connectivity index (χ1n) is 7.69. The molecule has 3 rings (SSSR count). The van der Waals surface area contributed by atoms with Crippen LogP contribution in [0.25, 0.3) is 0 Å². The van der Waals surface area contributed by atoms with Crippen LogP contribution in [0, 0.1) is 0 Å². The molecule has 3 aromatic rings. The molecular formula is C19H15Cl2N3O2. The molecule has 0 aliphatic heterocycles. The van der Waals surface area contributed by atoms with Crippen LogP contribution in [-0.2, 0) is 0 Å². The number of carbonyl (C=O) groups is 1. The highest BCUT2D eigenvalue weighted by atomic mass is 35.5. The largest absolute Gasteiger partial charge is 0.497 e. The number of carbonyl (C=O) groups excluding carboxylic acids is 1. The highest BCUT2D eigenvalue weighted by molar-refractivity contribution is 6.42. The van der Waals surface area contributed by atoms with E-state index in [1.165, 1.54) is 0 Å². The van der Waals surface area contributed by atoms with E-state index in [0.29, 0.717) is 38.6 Å². The minimum absolute atomic E-state index is 0.297. The molecule has 0 aliphatic rings. The predicted octanol–water partition coefficient (Wildman–Crippen LogP) is 5.39. The monoisotopic (exact) mass is 387 g/mol. The third kappa shape index (κ3) is 4.25. The van der Waals surface area contributed by atoms with E-state index in [9.17, 15) is 4.79 Å². The molecule has 0 aliphatic carbocycles. The first-order chi connectivity index (χ1) is 12.6. The Balaban J connectivity index is 1.83. The molecule has 2 aromatic carbocycles. The Bertz CT molecular complexity index is 948. The zero-order valence-electron chi connectivity index (χ0n) is 13.8. The Hall–Kier alpha value is -2.76. The molecule has 5 nitrogen and oxygen atoms in total. The van der Waals surface area contributed by atoms with Crippen molar-refractivity contribution >= 4 is 46.3 Å². The van der Waals surface area contributed by atoms with Crippen molar-refractivity contribution in [3.8, 4) is 5.75 Å². The average Bonchev–Trinajstić information content (AvgIpc) is 2.65. The Kier molecular flexibility index (Phi) is 5.61. The van der Waals surface area contributed by atoms with Crippen LogP contribution < -0.4 is 15.4 Å². The molecule has 0 atom stereocenters. The lowest BCUT2D eigenvalue weighted by Crippen LogP contribution is -2.14. The van der Waals surface area contributed by atoms with Gasteiger partial charge in [0.05, 0.1) is 22.7 Å². The number of nitrogens with one attached hydrogen (secondary N) is 2. The number of pyridine rings is 1. The van der Waals surface area contributed by atoms with Gasteiger partial charge in [0.25, 0.3) is 5.91 Å². The topological polar surface area (TPSA) is 63.2 Å². The summed E-state index contributed by atoms with van der Waals surface area (Å²) in [4.78, 5) is 16.9. The van der Waals surface area contributed by atoms with E-state index >= 15 is 0 Å². The zero-order valence-corrected chi connectivity index (χ0v) is 15.3. The SMILES string of the molecule is COc1cccc(NC(=O)c2cccnc2Nc2ccc(Cl)c(Cl)c2)c1. The normalized spacial score (nSPS) is 10.3. The summed E-state index contributed by atoms with van der Waals surface area (Å²) in [7, 11) is 1.57. The summed E-state index contributed by atoms with van der Waals surface area (Å²) in [5, 5.41) is 6.79. The maximum Gasteiger partial charge on any atom is 0.259 e. The van der Waals surface area contributed by atoms with E-state index in [2.05, 4.69) is 15.6 Å². The second-order valence-electron chi connectivity index (χ2n) is 5.34. The first-order valence-corrected chi connectivity index (χ1v) is 8.45. The molecule has 132 valence electrons. The number of aromatic nitrogens is 1. The molecule has 1 heterocycles. The second kappa shape index (κ2) is 8.08. The van der Waals surface area contributed by atoms with Crippen LogP contribution in [0.2, 0.25) is 10.0 Å². The van der Waals surface area contributed by atoms with E-state index < -0.39 is 0 Å². The van der Waals surface area contributed by atoms with Crippen molar-refractivity contribution in [1.82, 2.24) is 4.98 Å². The molecule has 26 heavy (non-hydrogen) atoms. The smallest absolute Gasteiger partial charge is 0.259 e. The van der Waals surface area contributed by atoms with E-state index in [1.54, 1.807) is 67.9 Å². The van der Waals surface area contributed by atoms with Crippen LogP contribution in [0.4, 0.5) is 17.2 Å². The highest BCUT2D eigenvalue weighted by Gasteiger charge is 2.13. The zero-order chi connectivity index (χ0) is 18.5. The third-order valence-electron chi connectivity index (χ3n) is 3.56. The maximum atomic E-state index is 12.7. The number of anilines is 3. The molecular weight excluding hydrogens is 373 g/mol. The first kappa shape index (κ1) is 18.0. The summed E-state index contributed by atoms with van der Waals surface area (Å²) in [5.41, 5.74) is 1.69. The lowest BCUT2D eigenvalue weighted by atomic mass is 10.2. The van der Waals surface area contributed by atoms with E-state index in [4.69, 9.17) is 27.9 Å². The minimum Gasteiger partial charge on any atom is -0.497 e. The number of hydrogen-bond acceptors (Lipinski definition) is 4. The van der Waals surface area contributed by atoms with Gasteiger partial charge < -0.3 is 15.4 Å². The average molecular weight is 388 g/mol. The van der Waals surface area contributed by atoms with Gasteiger partial charge in [-0.15, -0.1) is 0 Å². The van der Waals surface area contributed by atoms with Crippen molar-refractivity contribution in [3.63, 3.8) is 0 Å². The lowest BCUT2D eigenvalue weighted by Gasteiger charge is -2.12. The quantitative estimate of drug-likeness (QED) is 0.615. The standard InChI is InChI=1S/C19H15Cl2N3O2/c1-26-14-5-2-4-12(10-14)24-19(25)15-6-3-9-22-18(15)23-13-7-8-16(20)17(21)11-13/h2-11H,1H3,(H,22,23)(H,24,25). The minimum atomic E-state index is -0.297. The fourth-order valence-electron chi connectivity index (χ4n) is 2.30. The van der Waals surface area contributed by atoms with Gasteiger partial charge in [0, 0.05) is 23.6 Å². The molecule has 1 amide bonds. The van der Waals surface area contributed by atoms with Crippen molar-refractivity contribution in [2.45, 2.75) is 0 Å². The summed E-state index contributed by atoms with van der Waals surface area (Å²) in [6.45, 7) is 0. The van der Waals surface area contributed by atoms with Crippen LogP contribution in [0.5, 0.6) is 5.75 Å². The highest BCUT2D eigenvalue weighted by Crippen LogP contribution is 2.27. The van der Waals surface area contributed by atoms with Gasteiger partial charge in [-0.25, -0.2) is 4.98 Å². The number of methoxy groups -OCH3 is 1. The Morgan fingerprint density at radius 1 is 1.00 bits per heavy atom. The molecule has 0 unspecified atom stereocenters. The van der Waals surface area contributed by atoms with Crippen molar-refractivity contribution in [2.75, 3.05) is 17.7 Å². The fraction of sp³-hybridized carbons (Fsp3) is 0.0526. The van der Waals surface area contributed by atoms with Crippen molar-refractivity contribution in [2.24, 2.45) is 0 Å². The summed E-state index contributed by atoms with van der Waals surface area (Å²) >= 11 is 12.0. The van der Waals surface area contributed by atoms with Crippen LogP contribution in [0.1, 0.15) is 10.4 Å². The molecule has 0 spiro atoms. The van der Waals surface area contributed by atoms with Gasteiger partial charge in [-0.2, -0.15) is 0 Å². The number of ether oxygens (including phenoxy) is 1. The van der Waals surface area contributed by atoms with Crippen molar-refractivity contribution in [1.29, 1.82) is 0 Å². The van der Waals surface area contributed by atoms with Crippen LogP contribution >= 0.6 is 23.2 Å². The third-order valence-corrected chi connectivity index (χ3v) is 4.30. The number of rotatable bonds is 5. The fourth-order valence-corrected chi connectivity index (χ4v) is 2.60. The summed E-state index contributed by atoms with van der Waals surface area (Å²) in [6, 6.07) is 15.6. The lowest BCUT2D eigenvalue weighted by molar-refractivity contribution is 0.102. The molecule has 0 bridgehead atoms. The maximum absolute atomic E-state index is 12.7. The number of hydrogen-bond donors (Lipinski definition) is 2. The van der Waals surface area contributed by atoms with Gasteiger partial charge in [0.15, 0.2) is 0 Å². The van der Waals surface area contributed by atoms with Gasteiger partial charge in [-0.05, 0) is 42.5 Å². The van der Waals surface area contributed by atoms with Crippen molar-refractivity contribution in [3.05, 3.63) is 76.4 Å². The molecule has 1 aromatic heterocycles. The van der Waals surface area contributed by atoms with Gasteiger partial charge in [-0.1, -0.05) is 29.3 Å². The van der Waals surface area contributed by atoms with E-state index in [-0.39, 0.29) is 5.91 Å². The molecule has 0 saturated heterocycles. The molecule has 7 heteroatoms. The van der Waals surface area contributed by atoms with Crippen LogP contribution in [-0.4, -0.2) is 18.0 Å². The Labute approximate surface area is 160 Å². The number of nitrogens with zero attached hydrogens (tertiary/aromatic N) is 1. The van der Waals surface area contributed by atoms with Crippen LogP contribution in [0.3, 0.4) is 0 Å². The summed E-state index contributed by atoms with van der Waals surface area (Å²) in [5.74, 6) is 0.767. The number of benzene rings is 2. The van der Waals surface area contributed by atoms with Gasteiger partial charge >= 0.3 is 0 Å². The van der Waals surface area contributed by atoms with Crippen LogP contribution in [0.15, 0.2) is 60.8 Å². The number of halogens is 2. The predicted molar refractivity (Wildman–Crippen MR) is 105 cm³/mol. The van der Waals surface area contributed by atoms with Gasteiger partial charge in [0.2, 0.25) is 0 Å². The number of amides is 1. The molecule has 0 radical (unpaired) electrons. The second-order valence-corrected chi connectivity index (χ2v) is 6.15. The molecule has 0 saturated carbocycles. The Morgan fingerprint density at radius 3 is 2.62 bits per heavy atom. The van der Waals surface area contributed by atoms with Gasteiger partial charge in [-0.3, -0.25) is 4.79 Å². The molecule has 2 N–H and O–H groups in total.